The van der Waals surface area contributed by atoms with E-state index in [0.717, 1.165) is 17.5 Å². The fourth-order valence-corrected chi connectivity index (χ4v) is 3.96. The molecular formula is C26H36N2O4. The minimum atomic E-state index is -0.288. The first kappa shape index (κ1) is 25.6. The summed E-state index contributed by atoms with van der Waals surface area (Å²) in [4.78, 5) is 27.7. The van der Waals surface area contributed by atoms with Crippen LogP contribution in [0.5, 0.6) is 11.5 Å². The van der Waals surface area contributed by atoms with Crippen LogP contribution in [0.2, 0.25) is 0 Å². The SMILES string of the molecule is CCC(c1cccc(OC(=O)CN(C)C)c1)C(C)(C)c1cccc(OC(=O)CN(C)C)c1. The molecule has 174 valence electrons. The van der Waals surface area contributed by atoms with Crippen LogP contribution in [-0.2, 0) is 15.0 Å². The molecule has 0 aromatic heterocycles. The lowest BCUT2D eigenvalue weighted by Gasteiger charge is -2.35. The van der Waals surface area contributed by atoms with Crippen LogP contribution in [-0.4, -0.2) is 63.0 Å². The van der Waals surface area contributed by atoms with E-state index in [1.54, 1.807) is 15.9 Å². The van der Waals surface area contributed by atoms with Crippen molar-refractivity contribution in [1.29, 1.82) is 0 Å². The molecule has 0 spiro atoms. The van der Waals surface area contributed by atoms with E-state index in [1.165, 1.54) is 0 Å². The van der Waals surface area contributed by atoms with Crippen molar-refractivity contribution in [3.05, 3.63) is 59.7 Å². The average Bonchev–Trinajstić information content (AvgIpc) is 2.67. The number of ether oxygens (including phenoxy) is 2. The summed E-state index contributed by atoms with van der Waals surface area (Å²) in [7, 11) is 7.33. The minimum Gasteiger partial charge on any atom is -0.426 e. The van der Waals surface area contributed by atoms with Gasteiger partial charge in [0.1, 0.15) is 11.5 Å². The molecule has 0 radical (unpaired) electrons. The highest BCUT2D eigenvalue weighted by Gasteiger charge is 2.32. The first-order chi connectivity index (χ1) is 15.0. The maximum Gasteiger partial charge on any atom is 0.325 e. The number of nitrogens with zero attached hydrogens (tertiary/aromatic N) is 2. The van der Waals surface area contributed by atoms with E-state index < -0.39 is 0 Å². The van der Waals surface area contributed by atoms with Gasteiger partial charge in [-0.2, -0.15) is 0 Å². The number of benzene rings is 2. The van der Waals surface area contributed by atoms with Gasteiger partial charge in [-0.1, -0.05) is 45.0 Å². The molecule has 2 aromatic carbocycles. The van der Waals surface area contributed by atoms with Gasteiger partial charge in [-0.05, 0) is 81.3 Å². The zero-order valence-electron chi connectivity index (χ0n) is 20.3. The predicted molar refractivity (Wildman–Crippen MR) is 127 cm³/mol. The van der Waals surface area contributed by atoms with Crippen molar-refractivity contribution < 1.29 is 19.1 Å². The number of hydrogen-bond acceptors (Lipinski definition) is 6. The highest BCUT2D eigenvalue weighted by atomic mass is 16.5. The molecule has 0 aliphatic carbocycles. The van der Waals surface area contributed by atoms with Crippen LogP contribution in [0.15, 0.2) is 48.5 Å². The van der Waals surface area contributed by atoms with Crippen molar-refractivity contribution >= 4 is 11.9 Å². The summed E-state index contributed by atoms with van der Waals surface area (Å²) in [6.07, 6.45) is 0.896. The maximum absolute atomic E-state index is 12.1. The molecule has 6 heteroatoms. The van der Waals surface area contributed by atoms with E-state index in [-0.39, 0.29) is 36.4 Å². The lowest BCUT2D eigenvalue weighted by Crippen LogP contribution is -2.28. The van der Waals surface area contributed by atoms with Gasteiger partial charge in [0.15, 0.2) is 0 Å². The van der Waals surface area contributed by atoms with Crippen LogP contribution in [0.25, 0.3) is 0 Å². The highest BCUT2D eigenvalue weighted by molar-refractivity contribution is 5.75. The standard InChI is InChI=1S/C26H36N2O4/c1-8-23(19-11-9-13-21(15-19)31-24(29)17-27(4)5)26(2,3)20-12-10-14-22(16-20)32-25(30)18-28(6)7/h9-16,23H,8,17-18H2,1-7H3. The summed E-state index contributed by atoms with van der Waals surface area (Å²) in [6, 6.07) is 15.5. The van der Waals surface area contributed by atoms with Crippen molar-refractivity contribution in [1.82, 2.24) is 9.80 Å². The van der Waals surface area contributed by atoms with Crippen LogP contribution in [0.3, 0.4) is 0 Å². The molecule has 0 bridgehead atoms. The van der Waals surface area contributed by atoms with Gasteiger partial charge in [-0.3, -0.25) is 19.4 Å². The number of hydrogen-bond donors (Lipinski definition) is 0. The van der Waals surface area contributed by atoms with Crippen LogP contribution in [0.1, 0.15) is 44.2 Å². The van der Waals surface area contributed by atoms with Gasteiger partial charge in [-0.25, -0.2) is 0 Å². The van der Waals surface area contributed by atoms with Crippen LogP contribution in [0, 0.1) is 0 Å². The van der Waals surface area contributed by atoms with E-state index in [1.807, 2.05) is 58.5 Å². The number of likely N-dealkylation sites (N-methyl/N-ethyl adjacent to an activating group) is 2. The first-order valence-electron chi connectivity index (χ1n) is 10.9. The fourth-order valence-electron chi connectivity index (χ4n) is 3.96. The molecule has 32 heavy (non-hydrogen) atoms. The zero-order valence-corrected chi connectivity index (χ0v) is 20.3. The Hall–Kier alpha value is -2.70. The van der Waals surface area contributed by atoms with Crippen molar-refractivity contribution in [3.63, 3.8) is 0 Å². The Morgan fingerprint density at radius 2 is 1.34 bits per heavy atom. The molecular weight excluding hydrogens is 404 g/mol. The average molecular weight is 441 g/mol. The van der Waals surface area contributed by atoms with Gasteiger partial charge in [0, 0.05) is 0 Å². The van der Waals surface area contributed by atoms with E-state index >= 15 is 0 Å². The van der Waals surface area contributed by atoms with E-state index in [4.69, 9.17) is 9.47 Å². The Morgan fingerprint density at radius 3 is 1.84 bits per heavy atom. The summed E-state index contributed by atoms with van der Waals surface area (Å²) in [5.41, 5.74) is 1.93. The molecule has 0 aliphatic heterocycles. The van der Waals surface area contributed by atoms with E-state index in [0.29, 0.717) is 11.5 Å². The quantitative estimate of drug-likeness (QED) is 0.410. The van der Waals surface area contributed by atoms with Crippen LogP contribution in [0.4, 0.5) is 0 Å². The lowest BCUT2D eigenvalue weighted by atomic mass is 9.69. The Kier molecular flexibility index (Phi) is 8.99. The Bertz CT molecular complexity index is 922. The fraction of sp³-hybridized carbons (Fsp3) is 0.462. The summed E-state index contributed by atoms with van der Waals surface area (Å²) >= 11 is 0. The summed E-state index contributed by atoms with van der Waals surface area (Å²) in [5.74, 6) is 0.692. The molecule has 1 unspecified atom stereocenters. The van der Waals surface area contributed by atoms with Gasteiger partial charge in [0.25, 0.3) is 0 Å². The molecule has 0 fully saturated rings. The Balaban J connectivity index is 2.26. The second kappa shape index (κ2) is 11.2. The molecule has 0 heterocycles. The lowest BCUT2D eigenvalue weighted by molar-refractivity contribution is -0.136. The summed E-state index contributed by atoms with van der Waals surface area (Å²) < 4.78 is 11.1. The monoisotopic (exact) mass is 440 g/mol. The van der Waals surface area contributed by atoms with E-state index in [9.17, 15) is 9.59 Å². The largest absolute Gasteiger partial charge is 0.426 e. The number of rotatable bonds is 10. The molecule has 6 nitrogen and oxygen atoms in total. The normalized spacial score (nSPS) is 12.7. The molecule has 1 atom stereocenters. The van der Waals surface area contributed by atoms with Gasteiger partial charge >= 0.3 is 11.9 Å². The van der Waals surface area contributed by atoms with Crippen molar-refractivity contribution in [2.45, 2.75) is 38.5 Å². The van der Waals surface area contributed by atoms with Crippen molar-refractivity contribution in [2.24, 2.45) is 0 Å². The van der Waals surface area contributed by atoms with Crippen LogP contribution >= 0.6 is 0 Å². The van der Waals surface area contributed by atoms with Gasteiger partial charge in [0.2, 0.25) is 0 Å². The number of carbonyl (C=O) groups excluding carboxylic acids is 2. The van der Waals surface area contributed by atoms with E-state index in [2.05, 4.69) is 32.9 Å². The summed E-state index contributed by atoms with van der Waals surface area (Å²) in [6.45, 7) is 6.98. The number of esters is 2. The van der Waals surface area contributed by atoms with Crippen LogP contribution < -0.4 is 9.47 Å². The second-order valence-corrected chi connectivity index (χ2v) is 9.21. The highest BCUT2D eigenvalue weighted by Crippen LogP contribution is 2.42. The minimum absolute atomic E-state index is 0.169. The molecule has 0 aliphatic rings. The van der Waals surface area contributed by atoms with Crippen molar-refractivity contribution in [3.8, 4) is 11.5 Å². The summed E-state index contributed by atoms with van der Waals surface area (Å²) in [5, 5.41) is 0. The second-order valence-electron chi connectivity index (χ2n) is 9.21. The molecule has 0 amide bonds. The zero-order chi connectivity index (χ0) is 23.9. The predicted octanol–water partition coefficient (Wildman–Crippen LogP) is 4.09. The Labute approximate surface area is 192 Å². The van der Waals surface area contributed by atoms with Gasteiger partial charge in [0.05, 0.1) is 13.1 Å². The molecule has 0 saturated carbocycles. The van der Waals surface area contributed by atoms with Gasteiger partial charge < -0.3 is 9.47 Å². The molecule has 0 N–H and O–H groups in total. The molecule has 2 rings (SSSR count). The Morgan fingerprint density at radius 1 is 0.844 bits per heavy atom. The maximum atomic E-state index is 12.1. The van der Waals surface area contributed by atoms with Gasteiger partial charge in [-0.15, -0.1) is 0 Å². The van der Waals surface area contributed by atoms with Crippen molar-refractivity contribution in [2.75, 3.05) is 41.3 Å². The topological polar surface area (TPSA) is 59.1 Å². The number of carbonyl (C=O) groups is 2. The third-order valence-corrected chi connectivity index (χ3v) is 5.47. The smallest absolute Gasteiger partial charge is 0.325 e. The third kappa shape index (κ3) is 7.18. The first-order valence-corrected chi connectivity index (χ1v) is 10.9. The molecule has 2 aromatic rings. The third-order valence-electron chi connectivity index (χ3n) is 5.47. The molecule has 0 saturated heterocycles.